The van der Waals surface area contributed by atoms with Gasteiger partial charge in [-0.15, -0.1) is 11.8 Å². The maximum atomic E-state index is 13.6. The van der Waals surface area contributed by atoms with Gasteiger partial charge in [-0.2, -0.15) is 0 Å². The van der Waals surface area contributed by atoms with Crippen molar-refractivity contribution in [2.75, 3.05) is 6.54 Å². The molecule has 0 N–H and O–H groups in total. The number of pyridine rings is 1. The Labute approximate surface area is 168 Å². The van der Waals surface area contributed by atoms with Crippen molar-refractivity contribution in [1.29, 1.82) is 0 Å². The fourth-order valence-electron chi connectivity index (χ4n) is 3.57. The van der Waals surface area contributed by atoms with E-state index in [9.17, 15) is 9.18 Å². The van der Waals surface area contributed by atoms with Gasteiger partial charge in [0.2, 0.25) is 0 Å². The van der Waals surface area contributed by atoms with Crippen molar-refractivity contribution in [2.45, 2.75) is 30.0 Å². The van der Waals surface area contributed by atoms with Crippen LogP contribution >= 0.6 is 11.8 Å². The number of hydrogen-bond acceptors (Lipinski definition) is 3. The van der Waals surface area contributed by atoms with Crippen molar-refractivity contribution in [3.05, 3.63) is 95.1 Å². The lowest BCUT2D eigenvalue weighted by molar-refractivity contribution is 0.0677. The number of aromatic nitrogens is 1. The summed E-state index contributed by atoms with van der Waals surface area (Å²) in [6.45, 7) is 2.61. The van der Waals surface area contributed by atoms with Gasteiger partial charge in [-0.3, -0.25) is 9.78 Å². The molecule has 0 saturated heterocycles. The van der Waals surface area contributed by atoms with Gasteiger partial charge in [0.05, 0.1) is 6.04 Å². The van der Waals surface area contributed by atoms with Crippen LogP contribution < -0.4 is 0 Å². The number of rotatable bonds is 4. The largest absolute Gasteiger partial charge is 0.332 e. The summed E-state index contributed by atoms with van der Waals surface area (Å²) < 4.78 is 13.6. The first-order valence-electron chi connectivity index (χ1n) is 9.33. The lowest BCUT2D eigenvalue weighted by Crippen LogP contribution is -2.38. The molecular formula is C23H21FN2OS. The molecule has 1 atom stereocenters. The van der Waals surface area contributed by atoms with Crippen molar-refractivity contribution in [3.8, 4) is 0 Å². The number of amides is 1. The monoisotopic (exact) mass is 392 g/mol. The molecule has 3 aromatic rings. The molecular weight excluding hydrogens is 371 g/mol. The molecule has 0 radical (unpaired) electrons. The van der Waals surface area contributed by atoms with E-state index in [-0.39, 0.29) is 17.8 Å². The van der Waals surface area contributed by atoms with Gasteiger partial charge in [0.15, 0.2) is 0 Å². The Bertz CT molecular complexity index is 976. The molecule has 0 bridgehead atoms. The van der Waals surface area contributed by atoms with Gasteiger partial charge in [-0.25, -0.2) is 4.39 Å². The minimum Gasteiger partial charge on any atom is -0.332 e. The van der Waals surface area contributed by atoms with E-state index in [0.717, 1.165) is 28.2 Å². The number of halogens is 1. The predicted octanol–water partition coefficient (Wildman–Crippen LogP) is 5.27. The van der Waals surface area contributed by atoms with Crippen LogP contribution in [-0.4, -0.2) is 22.3 Å². The van der Waals surface area contributed by atoms with E-state index in [2.05, 4.69) is 11.1 Å². The molecule has 2 aromatic carbocycles. The molecule has 0 aliphatic carbocycles. The van der Waals surface area contributed by atoms with Crippen LogP contribution in [0.2, 0.25) is 0 Å². The molecule has 4 rings (SSSR count). The second-order valence-corrected chi connectivity index (χ2v) is 7.99. The van der Waals surface area contributed by atoms with Gasteiger partial charge in [-0.1, -0.05) is 12.1 Å². The number of carbonyl (C=O) groups is 1. The molecule has 0 saturated carbocycles. The smallest absolute Gasteiger partial charge is 0.254 e. The molecule has 1 amide bonds. The molecule has 1 aliphatic rings. The lowest BCUT2D eigenvalue weighted by Gasteiger charge is -2.35. The minimum absolute atomic E-state index is 0.00813. The van der Waals surface area contributed by atoms with Crippen molar-refractivity contribution in [1.82, 2.24) is 9.88 Å². The van der Waals surface area contributed by atoms with E-state index in [4.69, 9.17) is 0 Å². The summed E-state index contributed by atoms with van der Waals surface area (Å²) in [5.74, 6) is 0.577. The highest BCUT2D eigenvalue weighted by Gasteiger charge is 2.28. The zero-order valence-electron chi connectivity index (χ0n) is 15.6. The van der Waals surface area contributed by atoms with Crippen LogP contribution in [0.1, 0.15) is 40.0 Å². The Morgan fingerprint density at radius 1 is 1.21 bits per heavy atom. The molecule has 2 heterocycles. The highest BCUT2D eigenvalue weighted by molar-refractivity contribution is 7.98. The topological polar surface area (TPSA) is 33.2 Å². The van der Waals surface area contributed by atoms with Crippen LogP contribution in [-0.2, 0) is 12.2 Å². The van der Waals surface area contributed by atoms with Gasteiger partial charge in [0.25, 0.3) is 5.91 Å². The van der Waals surface area contributed by atoms with Crippen LogP contribution in [0, 0.1) is 5.82 Å². The molecule has 1 aliphatic heterocycles. The molecule has 3 nitrogen and oxygen atoms in total. The standard InChI is InChI=1S/C23H21FN2OS/c1-16-22-13-20(24)7-4-18(22)10-12-26(16)23(27)19-5-8-21(9-6-19)28-15-17-3-2-11-25-14-17/h2-9,11,13-14,16H,10,12,15H2,1H3. The van der Waals surface area contributed by atoms with Crippen molar-refractivity contribution in [2.24, 2.45) is 0 Å². The van der Waals surface area contributed by atoms with Crippen LogP contribution in [0.4, 0.5) is 4.39 Å². The Morgan fingerprint density at radius 2 is 2.04 bits per heavy atom. The van der Waals surface area contributed by atoms with E-state index < -0.39 is 0 Å². The molecule has 28 heavy (non-hydrogen) atoms. The lowest BCUT2D eigenvalue weighted by atomic mass is 9.93. The number of fused-ring (bicyclic) bond motifs is 1. The minimum atomic E-state index is -0.255. The first kappa shape index (κ1) is 18.7. The third kappa shape index (κ3) is 3.94. The molecule has 5 heteroatoms. The zero-order valence-corrected chi connectivity index (χ0v) is 16.5. The van der Waals surface area contributed by atoms with Gasteiger partial charge >= 0.3 is 0 Å². The van der Waals surface area contributed by atoms with Crippen LogP contribution in [0.15, 0.2) is 71.9 Å². The molecule has 1 aromatic heterocycles. The Hall–Kier alpha value is -2.66. The molecule has 142 valence electrons. The number of carbonyl (C=O) groups excluding carboxylic acids is 1. The summed E-state index contributed by atoms with van der Waals surface area (Å²) in [6.07, 6.45) is 4.39. The maximum Gasteiger partial charge on any atom is 0.254 e. The molecule has 1 unspecified atom stereocenters. The number of thioether (sulfide) groups is 1. The number of benzene rings is 2. The van der Waals surface area contributed by atoms with E-state index in [1.54, 1.807) is 24.0 Å². The quantitative estimate of drug-likeness (QED) is 0.567. The van der Waals surface area contributed by atoms with Gasteiger partial charge in [0, 0.05) is 35.2 Å². The van der Waals surface area contributed by atoms with Crippen LogP contribution in [0.5, 0.6) is 0 Å². The Kier molecular flexibility index (Phi) is 5.44. The Balaban J connectivity index is 1.45. The summed E-state index contributed by atoms with van der Waals surface area (Å²) in [5.41, 5.74) is 3.86. The maximum absolute atomic E-state index is 13.6. The fourth-order valence-corrected chi connectivity index (χ4v) is 4.40. The summed E-state index contributed by atoms with van der Waals surface area (Å²) >= 11 is 1.72. The van der Waals surface area contributed by atoms with E-state index in [1.165, 1.54) is 11.6 Å². The first-order valence-corrected chi connectivity index (χ1v) is 10.3. The molecule has 0 fully saturated rings. The van der Waals surface area contributed by atoms with E-state index in [0.29, 0.717) is 12.1 Å². The highest BCUT2D eigenvalue weighted by Crippen LogP contribution is 2.31. The average Bonchev–Trinajstić information content (AvgIpc) is 2.74. The summed E-state index contributed by atoms with van der Waals surface area (Å²) in [7, 11) is 0. The Morgan fingerprint density at radius 3 is 2.79 bits per heavy atom. The van der Waals surface area contributed by atoms with Gasteiger partial charge in [0.1, 0.15) is 5.82 Å². The third-order valence-corrected chi connectivity index (χ3v) is 6.22. The summed E-state index contributed by atoms with van der Waals surface area (Å²) in [5, 5.41) is 0. The second kappa shape index (κ2) is 8.15. The summed E-state index contributed by atoms with van der Waals surface area (Å²) in [6, 6.07) is 16.4. The summed E-state index contributed by atoms with van der Waals surface area (Å²) in [4.78, 5) is 20.1. The highest BCUT2D eigenvalue weighted by atomic mass is 32.2. The predicted molar refractivity (Wildman–Crippen MR) is 110 cm³/mol. The number of hydrogen-bond donors (Lipinski definition) is 0. The van der Waals surface area contributed by atoms with E-state index in [1.807, 2.05) is 54.4 Å². The molecule has 0 spiro atoms. The first-order chi connectivity index (χ1) is 13.6. The number of nitrogens with zero attached hydrogens (tertiary/aromatic N) is 2. The van der Waals surface area contributed by atoms with Gasteiger partial charge < -0.3 is 4.90 Å². The van der Waals surface area contributed by atoms with Gasteiger partial charge in [-0.05, 0) is 72.5 Å². The van der Waals surface area contributed by atoms with Crippen LogP contribution in [0.25, 0.3) is 0 Å². The second-order valence-electron chi connectivity index (χ2n) is 6.94. The van der Waals surface area contributed by atoms with Crippen LogP contribution in [0.3, 0.4) is 0 Å². The zero-order chi connectivity index (χ0) is 19.5. The fraction of sp³-hybridized carbons (Fsp3) is 0.217. The van der Waals surface area contributed by atoms with Crippen molar-refractivity contribution < 1.29 is 9.18 Å². The SMILES string of the molecule is CC1c2cc(F)ccc2CCN1C(=O)c1ccc(SCc2cccnc2)cc1. The van der Waals surface area contributed by atoms with Crippen molar-refractivity contribution in [3.63, 3.8) is 0 Å². The average molecular weight is 392 g/mol. The van der Waals surface area contributed by atoms with E-state index >= 15 is 0 Å². The normalized spacial score (nSPS) is 15.9. The third-order valence-electron chi connectivity index (χ3n) is 5.14. The van der Waals surface area contributed by atoms with Crippen molar-refractivity contribution >= 4 is 17.7 Å².